The second-order valence-corrected chi connectivity index (χ2v) is 5.07. The van der Waals surface area contributed by atoms with Crippen molar-refractivity contribution in [2.24, 2.45) is 0 Å². The lowest BCUT2D eigenvalue weighted by Crippen LogP contribution is -2.31. The molecule has 3 nitrogen and oxygen atoms in total. The molecule has 0 aromatic heterocycles. The molecular formula is C15H21FN2O. The van der Waals surface area contributed by atoms with Crippen LogP contribution in [0.15, 0.2) is 24.3 Å². The standard InChI is InChI=1S/C15H21FN2O/c1-12(13-5-4-6-14(16)11-13)17-8-7-15(19)18-9-2-3-10-18/h4-6,11-12,17H,2-3,7-10H2,1H3. The monoisotopic (exact) mass is 264 g/mol. The van der Waals surface area contributed by atoms with Gasteiger partial charge in [0.2, 0.25) is 5.91 Å². The number of hydrogen-bond acceptors (Lipinski definition) is 2. The number of rotatable bonds is 5. The molecule has 2 rings (SSSR count). The minimum atomic E-state index is -0.223. The molecule has 1 amide bonds. The summed E-state index contributed by atoms with van der Waals surface area (Å²) in [6, 6.07) is 6.62. The van der Waals surface area contributed by atoms with E-state index >= 15 is 0 Å². The van der Waals surface area contributed by atoms with Crippen molar-refractivity contribution in [3.63, 3.8) is 0 Å². The first-order valence-electron chi connectivity index (χ1n) is 6.93. The highest BCUT2D eigenvalue weighted by Gasteiger charge is 2.17. The van der Waals surface area contributed by atoms with Gasteiger partial charge in [-0.2, -0.15) is 0 Å². The Kier molecular flexibility index (Phi) is 4.91. The van der Waals surface area contributed by atoms with Crippen molar-refractivity contribution in [3.8, 4) is 0 Å². The summed E-state index contributed by atoms with van der Waals surface area (Å²) in [4.78, 5) is 13.8. The quantitative estimate of drug-likeness (QED) is 0.886. The Hall–Kier alpha value is -1.42. The largest absolute Gasteiger partial charge is 0.343 e. The molecule has 1 aromatic rings. The number of halogens is 1. The smallest absolute Gasteiger partial charge is 0.223 e. The molecule has 0 bridgehead atoms. The van der Waals surface area contributed by atoms with E-state index in [-0.39, 0.29) is 17.8 Å². The minimum Gasteiger partial charge on any atom is -0.343 e. The first-order valence-corrected chi connectivity index (χ1v) is 6.93. The van der Waals surface area contributed by atoms with E-state index in [0.29, 0.717) is 13.0 Å². The molecule has 1 aromatic carbocycles. The number of amides is 1. The van der Waals surface area contributed by atoms with Crippen LogP contribution in [0, 0.1) is 5.82 Å². The van der Waals surface area contributed by atoms with Crippen molar-refractivity contribution in [1.29, 1.82) is 0 Å². The normalized spacial score (nSPS) is 16.6. The summed E-state index contributed by atoms with van der Waals surface area (Å²) in [5, 5.41) is 3.27. The van der Waals surface area contributed by atoms with E-state index in [9.17, 15) is 9.18 Å². The number of carbonyl (C=O) groups excluding carboxylic acids is 1. The van der Waals surface area contributed by atoms with E-state index in [1.54, 1.807) is 6.07 Å². The Labute approximate surface area is 113 Å². The number of benzene rings is 1. The Morgan fingerprint density at radius 3 is 2.84 bits per heavy atom. The topological polar surface area (TPSA) is 32.3 Å². The lowest BCUT2D eigenvalue weighted by atomic mass is 10.1. The number of nitrogens with zero attached hydrogens (tertiary/aromatic N) is 1. The van der Waals surface area contributed by atoms with Gasteiger partial charge in [-0.15, -0.1) is 0 Å². The van der Waals surface area contributed by atoms with Crippen LogP contribution >= 0.6 is 0 Å². The third-order valence-corrected chi connectivity index (χ3v) is 3.60. The van der Waals surface area contributed by atoms with E-state index in [2.05, 4.69) is 5.32 Å². The maximum Gasteiger partial charge on any atom is 0.223 e. The van der Waals surface area contributed by atoms with Gasteiger partial charge >= 0.3 is 0 Å². The number of nitrogens with one attached hydrogen (secondary N) is 1. The van der Waals surface area contributed by atoms with Crippen LogP contribution in [-0.2, 0) is 4.79 Å². The van der Waals surface area contributed by atoms with Crippen molar-refractivity contribution in [2.75, 3.05) is 19.6 Å². The van der Waals surface area contributed by atoms with E-state index < -0.39 is 0 Å². The highest BCUT2D eigenvalue weighted by atomic mass is 19.1. The van der Waals surface area contributed by atoms with Crippen molar-refractivity contribution in [1.82, 2.24) is 10.2 Å². The molecular weight excluding hydrogens is 243 g/mol. The zero-order valence-electron chi connectivity index (χ0n) is 11.4. The van der Waals surface area contributed by atoms with Crippen LogP contribution in [-0.4, -0.2) is 30.4 Å². The SMILES string of the molecule is CC(NCCC(=O)N1CCCC1)c1cccc(F)c1. The van der Waals surface area contributed by atoms with Gasteiger partial charge in [0, 0.05) is 32.1 Å². The predicted molar refractivity (Wildman–Crippen MR) is 73.2 cm³/mol. The first kappa shape index (κ1) is 14.0. The van der Waals surface area contributed by atoms with Gasteiger partial charge in [-0.1, -0.05) is 12.1 Å². The molecule has 1 N–H and O–H groups in total. The number of hydrogen-bond donors (Lipinski definition) is 1. The summed E-state index contributed by atoms with van der Waals surface area (Å²) in [5.74, 6) is -0.00395. The van der Waals surface area contributed by atoms with E-state index in [1.165, 1.54) is 12.1 Å². The fraction of sp³-hybridized carbons (Fsp3) is 0.533. The maximum atomic E-state index is 13.1. The molecule has 0 saturated carbocycles. The molecule has 19 heavy (non-hydrogen) atoms. The van der Waals surface area contributed by atoms with Crippen LogP contribution in [0.25, 0.3) is 0 Å². The van der Waals surface area contributed by atoms with Crippen molar-refractivity contribution < 1.29 is 9.18 Å². The summed E-state index contributed by atoms with van der Waals surface area (Å²) in [7, 11) is 0. The summed E-state index contributed by atoms with van der Waals surface area (Å²) < 4.78 is 13.1. The summed E-state index contributed by atoms with van der Waals surface area (Å²) in [6.07, 6.45) is 2.76. The molecule has 1 fully saturated rings. The van der Waals surface area contributed by atoms with Gasteiger partial charge in [0.05, 0.1) is 0 Å². The average molecular weight is 264 g/mol. The molecule has 104 valence electrons. The van der Waals surface area contributed by atoms with Gasteiger partial charge in [0.25, 0.3) is 0 Å². The molecule has 0 aliphatic carbocycles. The number of likely N-dealkylation sites (tertiary alicyclic amines) is 1. The fourth-order valence-electron chi connectivity index (χ4n) is 2.41. The van der Waals surface area contributed by atoms with Gasteiger partial charge < -0.3 is 10.2 Å². The Bertz CT molecular complexity index is 430. The van der Waals surface area contributed by atoms with E-state index in [4.69, 9.17) is 0 Å². The first-order chi connectivity index (χ1) is 9.16. The number of carbonyl (C=O) groups is 1. The second kappa shape index (κ2) is 6.66. The van der Waals surface area contributed by atoms with Crippen molar-refractivity contribution >= 4 is 5.91 Å². The molecule has 1 aliphatic heterocycles. The highest BCUT2D eigenvalue weighted by Crippen LogP contribution is 2.13. The van der Waals surface area contributed by atoms with Gasteiger partial charge in [0.1, 0.15) is 5.82 Å². The molecule has 1 aliphatic rings. The van der Waals surface area contributed by atoms with E-state index in [1.807, 2.05) is 17.9 Å². The maximum absolute atomic E-state index is 13.1. The summed E-state index contributed by atoms with van der Waals surface area (Å²) in [5.41, 5.74) is 0.911. The molecule has 1 saturated heterocycles. The zero-order valence-corrected chi connectivity index (χ0v) is 11.4. The Balaban J connectivity index is 1.74. The van der Waals surface area contributed by atoms with Crippen LogP contribution in [0.2, 0.25) is 0 Å². The van der Waals surface area contributed by atoms with Gasteiger partial charge in [-0.05, 0) is 37.5 Å². The summed E-state index contributed by atoms with van der Waals surface area (Å²) >= 11 is 0. The van der Waals surface area contributed by atoms with Gasteiger partial charge in [-0.25, -0.2) is 4.39 Å². The van der Waals surface area contributed by atoms with Crippen LogP contribution in [0.4, 0.5) is 4.39 Å². The van der Waals surface area contributed by atoms with Crippen LogP contribution in [0.3, 0.4) is 0 Å². The highest BCUT2D eigenvalue weighted by molar-refractivity contribution is 5.76. The summed E-state index contributed by atoms with van der Waals surface area (Å²) in [6.45, 7) is 4.42. The second-order valence-electron chi connectivity index (χ2n) is 5.07. The molecule has 0 radical (unpaired) electrons. The van der Waals surface area contributed by atoms with Crippen LogP contribution < -0.4 is 5.32 Å². The van der Waals surface area contributed by atoms with Gasteiger partial charge in [0.15, 0.2) is 0 Å². The van der Waals surface area contributed by atoms with Gasteiger partial charge in [-0.3, -0.25) is 4.79 Å². The third kappa shape index (κ3) is 4.03. The Morgan fingerprint density at radius 2 is 2.16 bits per heavy atom. The molecule has 1 heterocycles. The molecule has 1 unspecified atom stereocenters. The van der Waals surface area contributed by atoms with Crippen molar-refractivity contribution in [3.05, 3.63) is 35.6 Å². The van der Waals surface area contributed by atoms with Crippen LogP contribution in [0.5, 0.6) is 0 Å². The van der Waals surface area contributed by atoms with Crippen LogP contribution in [0.1, 0.15) is 37.8 Å². The fourth-order valence-corrected chi connectivity index (χ4v) is 2.41. The molecule has 4 heteroatoms. The lowest BCUT2D eigenvalue weighted by molar-refractivity contribution is -0.130. The Morgan fingerprint density at radius 1 is 1.42 bits per heavy atom. The van der Waals surface area contributed by atoms with Crippen molar-refractivity contribution in [2.45, 2.75) is 32.2 Å². The third-order valence-electron chi connectivity index (χ3n) is 3.60. The predicted octanol–water partition coefficient (Wildman–Crippen LogP) is 2.49. The molecule has 1 atom stereocenters. The average Bonchev–Trinajstić information content (AvgIpc) is 2.92. The minimum absolute atomic E-state index is 0.0575. The molecule has 0 spiro atoms. The lowest BCUT2D eigenvalue weighted by Gasteiger charge is -2.17. The zero-order chi connectivity index (χ0) is 13.7. The van der Waals surface area contributed by atoms with E-state index in [0.717, 1.165) is 31.5 Å².